The number of fused-ring (bicyclic) bond motifs is 1. The summed E-state index contributed by atoms with van der Waals surface area (Å²) in [6, 6.07) is 16.3. The number of hydrogen-bond donors (Lipinski definition) is 0. The zero-order valence-electron chi connectivity index (χ0n) is 20.5. The number of hydrogen-bond acceptors (Lipinski definition) is 3. The van der Waals surface area contributed by atoms with Crippen LogP contribution < -0.4 is 0 Å². The smallest absolute Gasteiger partial charge is 0.256 e. The Morgan fingerprint density at radius 2 is 1.49 bits per heavy atom. The van der Waals surface area contributed by atoms with Gasteiger partial charge in [-0.25, -0.2) is 0 Å². The van der Waals surface area contributed by atoms with E-state index in [1.54, 1.807) is 0 Å². The third kappa shape index (κ3) is 5.43. The van der Waals surface area contributed by atoms with Gasteiger partial charge in [0, 0.05) is 55.4 Å². The zero-order valence-corrected chi connectivity index (χ0v) is 20.5. The fourth-order valence-electron chi connectivity index (χ4n) is 5.24. The summed E-state index contributed by atoms with van der Waals surface area (Å²) >= 11 is 0. The zero-order chi connectivity index (χ0) is 24.0. The SMILES string of the molecule is O=C(c1ccc(CCCCn2cc(C(=O)N3CCOCC3)c3ccccc32)cc1)N1CCCCC1. The van der Waals surface area contributed by atoms with Crippen molar-refractivity contribution in [2.45, 2.75) is 45.1 Å². The molecule has 184 valence electrons. The van der Waals surface area contributed by atoms with Gasteiger partial charge in [-0.3, -0.25) is 9.59 Å². The molecule has 0 atom stereocenters. The fourth-order valence-corrected chi connectivity index (χ4v) is 5.24. The van der Waals surface area contributed by atoms with Crippen LogP contribution in [0.1, 0.15) is 58.4 Å². The molecule has 2 aliphatic rings. The second-order valence-electron chi connectivity index (χ2n) is 9.66. The number of para-hydroxylation sites is 1. The van der Waals surface area contributed by atoms with Gasteiger partial charge in [-0.1, -0.05) is 30.3 Å². The van der Waals surface area contributed by atoms with Gasteiger partial charge in [-0.05, 0) is 62.3 Å². The molecule has 0 radical (unpaired) electrons. The molecule has 2 amide bonds. The summed E-state index contributed by atoms with van der Waals surface area (Å²) in [5.74, 6) is 0.264. The Labute approximate surface area is 207 Å². The number of unbranched alkanes of at least 4 members (excludes halogenated alkanes) is 1. The van der Waals surface area contributed by atoms with Crippen molar-refractivity contribution in [3.63, 3.8) is 0 Å². The van der Waals surface area contributed by atoms with Gasteiger partial charge in [0.15, 0.2) is 0 Å². The summed E-state index contributed by atoms with van der Waals surface area (Å²) in [4.78, 5) is 29.7. The van der Waals surface area contributed by atoms with E-state index in [4.69, 9.17) is 4.74 Å². The van der Waals surface area contributed by atoms with Crippen molar-refractivity contribution in [3.05, 3.63) is 71.4 Å². The number of ether oxygens (including phenoxy) is 1. The molecule has 2 saturated heterocycles. The second kappa shape index (κ2) is 11.1. The lowest BCUT2D eigenvalue weighted by molar-refractivity contribution is 0.0304. The van der Waals surface area contributed by atoms with Crippen LogP contribution >= 0.6 is 0 Å². The number of nitrogens with zero attached hydrogens (tertiary/aromatic N) is 3. The van der Waals surface area contributed by atoms with E-state index in [1.807, 2.05) is 46.3 Å². The van der Waals surface area contributed by atoms with Gasteiger partial charge in [0.1, 0.15) is 0 Å². The molecule has 0 aliphatic carbocycles. The van der Waals surface area contributed by atoms with E-state index in [2.05, 4.69) is 22.8 Å². The largest absolute Gasteiger partial charge is 0.378 e. The van der Waals surface area contributed by atoms with Crippen LogP contribution in [-0.4, -0.2) is 65.6 Å². The number of amides is 2. The highest BCUT2D eigenvalue weighted by molar-refractivity contribution is 6.07. The first-order chi connectivity index (χ1) is 17.2. The monoisotopic (exact) mass is 473 g/mol. The van der Waals surface area contributed by atoms with E-state index in [0.717, 1.165) is 73.8 Å². The Balaban J connectivity index is 1.17. The van der Waals surface area contributed by atoms with Crippen LogP contribution in [0, 0.1) is 0 Å². The summed E-state index contributed by atoms with van der Waals surface area (Å²) < 4.78 is 7.63. The van der Waals surface area contributed by atoms with Crippen LogP contribution in [0.25, 0.3) is 10.9 Å². The predicted octanol–water partition coefficient (Wildman–Crippen LogP) is 4.76. The molecule has 3 aromatic rings. The standard InChI is InChI=1S/C29H35N3O3/c33-28(30-15-5-1-6-16-30)24-13-11-23(12-14-24)8-4-7-17-32-22-26(25-9-2-3-10-27(25)32)29(34)31-18-20-35-21-19-31/h2-3,9-14,22H,1,4-8,15-21H2. The molecule has 1 aromatic heterocycles. The highest BCUT2D eigenvalue weighted by Gasteiger charge is 2.22. The molecule has 2 aromatic carbocycles. The lowest BCUT2D eigenvalue weighted by Crippen LogP contribution is -2.40. The summed E-state index contributed by atoms with van der Waals surface area (Å²) in [5.41, 5.74) is 3.97. The van der Waals surface area contributed by atoms with Crippen LogP contribution in [0.4, 0.5) is 0 Å². The molecular weight excluding hydrogens is 438 g/mol. The molecule has 0 unspecified atom stereocenters. The maximum Gasteiger partial charge on any atom is 0.256 e. The van der Waals surface area contributed by atoms with Crippen molar-refractivity contribution in [1.82, 2.24) is 14.4 Å². The molecule has 6 nitrogen and oxygen atoms in total. The second-order valence-corrected chi connectivity index (χ2v) is 9.66. The average Bonchev–Trinajstić information content (AvgIpc) is 3.30. The van der Waals surface area contributed by atoms with E-state index >= 15 is 0 Å². The first-order valence-electron chi connectivity index (χ1n) is 13.0. The molecule has 0 spiro atoms. The van der Waals surface area contributed by atoms with Crippen LogP contribution in [0.5, 0.6) is 0 Å². The number of carbonyl (C=O) groups is 2. The Morgan fingerprint density at radius 3 is 2.26 bits per heavy atom. The molecule has 2 fully saturated rings. The van der Waals surface area contributed by atoms with E-state index in [1.165, 1.54) is 12.0 Å². The maximum absolute atomic E-state index is 13.1. The molecule has 35 heavy (non-hydrogen) atoms. The number of benzene rings is 2. The fraction of sp³-hybridized carbons (Fsp3) is 0.448. The Bertz CT molecular complexity index is 1160. The highest BCUT2D eigenvalue weighted by Crippen LogP contribution is 2.24. The number of morpholine rings is 1. The van der Waals surface area contributed by atoms with Gasteiger partial charge in [-0.2, -0.15) is 0 Å². The molecule has 0 N–H and O–H groups in total. The van der Waals surface area contributed by atoms with Crippen molar-refractivity contribution in [1.29, 1.82) is 0 Å². The van der Waals surface area contributed by atoms with Gasteiger partial charge >= 0.3 is 0 Å². The summed E-state index contributed by atoms with van der Waals surface area (Å²) in [5, 5.41) is 1.03. The van der Waals surface area contributed by atoms with Crippen molar-refractivity contribution < 1.29 is 14.3 Å². The number of likely N-dealkylation sites (tertiary alicyclic amines) is 1. The predicted molar refractivity (Wildman–Crippen MR) is 138 cm³/mol. The lowest BCUT2D eigenvalue weighted by atomic mass is 10.0. The molecule has 5 rings (SSSR count). The number of piperidine rings is 1. The van der Waals surface area contributed by atoms with E-state index in [0.29, 0.717) is 26.3 Å². The molecule has 0 saturated carbocycles. The van der Waals surface area contributed by atoms with Crippen LogP contribution in [0.15, 0.2) is 54.7 Å². The summed E-state index contributed by atoms with van der Waals surface area (Å²) in [7, 11) is 0. The van der Waals surface area contributed by atoms with Crippen molar-refractivity contribution in [3.8, 4) is 0 Å². The minimum Gasteiger partial charge on any atom is -0.378 e. The quantitative estimate of drug-likeness (QED) is 0.465. The third-order valence-corrected chi connectivity index (χ3v) is 7.28. The van der Waals surface area contributed by atoms with Crippen molar-refractivity contribution in [2.24, 2.45) is 0 Å². The highest BCUT2D eigenvalue weighted by atomic mass is 16.5. The van der Waals surface area contributed by atoms with Crippen LogP contribution in [0.2, 0.25) is 0 Å². The summed E-state index contributed by atoms with van der Waals surface area (Å²) in [6.07, 6.45) is 8.55. The molecular formula is C29H35N3O3. The molecule has 6 heteroatoms. The van der Waals surface area contributed by atoms with E-state index < -0.39 is 0 Å². The van der Waals surface area contributed by atoms with Gasteiger partial charge in [0.05, 0.1) is 18.8 Å². The Kier molecular flexibility index (Phi) is 7.48. The maximum atomic E-state index is 13.1. The van der Waals surface area contributed by atoms with Crippen molar-refractivity contribution >= 4 is 22.7 Å². The average molecular weight is 474 g/mol. The minimum absolute atomic E-state index is 0.0995. The number of rotatable bonds is 7. The van der Waals surface area contributed by atoms with Crippen molar-refractivity contribution in [2.75, 3.05) is 39.4 Å². The van der Waals surface area contributed by atoms with Crippen LogP contribution in [0.3, 0.4) is 0 Å². The number of carbonyl (C=O) groups excluding carboxylic acids is 2. The van der Waals surface area contributed by atoms with Crippen LogP contribution in [-0.2, 0) is 17.7 Å². The Morgan fingerprint density at radius 1 is 0.771 bits per heavy atom. The minimum atomic E-state index is 0.0995. The first-order valence-corrected chi connectivity index (χ1v) is 13.0. The lowest BCUT2D eigenvalue weighted by Gasteiger charge is -2.26. The summed E-state index contributed by atoms with van der Waals surface area (Å²) in [6.45, 7) is 5.17. The van der Waals surface area contributed by atoms with Gasteiger partial charge in [0.25, 0.3) is 11.8 Å². The van der Waals surface area contributed by atoms with E-state index in [-0.39, 0.29) is 11.8 Å². The topological polar surface area (TPSA) is 54.8 Å². The normalized spacial score (nSPS) is 16.6. The van der Waals surface area contributed by atoms with Gasteiger partial charge in [0.2, 0.25) is 0 Å². The number of aryl methyl sites for hydroxylation is 2. The van der Waals surface area contributed by atoms with E-state index in [9.17, 15) is 9.59 Å². The van der Waals surface area contributed by atoms with Gasteiger partial charge < -0.3 is 19.1 Å². The first kappa shape index (κ1) is 23.6. The molecule has 2 aliphatic heterocycles. The molecule has 0 bridgehead atoms. The third-order valence-electron chi connectivity index (χ3n) is 7.28. The van der Waals surface area contributed by atoms with Gasteiger partial charge in [-0.15, -0.1) is 0 Å². The Hall–Kier alpha value is -3.12. The number of aromatic nitrogens is 1. The molecule has 3 heterocycles.